The highest BCUT2D eigenvalue weighted by Crippen LogP contribution is 2.49. The lowest BCUT2D eigenvalue weighted by Gasteiger charge is -2.29. The molecule has 0 aromatic rings. The minimum atomic E-state index is -0.662. The van der Waals surface area contributed by atoms with Crippen molar-refractivity contribution in [2.45, 2.75) is 51.6 Å². The molecule has 18 heavy (non-hydrogen) atoms. The molecule has 5 unspecified atom stereocenters. The Hall–Kier alpha value is -1.26. The Morgan fingerprint density at radius 1 is 1.17 bits per heavy atom. The van der Waals surface area contributed by atoms with Gasteiger partial charge in [-0.25, -0.2) is 4.79 Å². The van der Waals surface area contributed by atoms with E-state index in [9.17, 15) is 9.59 Å². The smallest absolute Gasteiger partial charge is 0.312 e. The van der Waals surface area contributed by atoms with Crippen LogP contribution < -0.4 is 16.4 Å². The Kier molecular flexibility index (Phi) is 3.78. The zero-order valence-electron chi connectivity index (χ0n) is 11.1. The molecule has 0 aliphatic heterocycles. The van der Waals surface area contributed by atoms with E-state index < -0.39 is 12.1 Å². The molecule has 2 aliphatic rings. The van der Waals surface area contributed by atoms with E-state index in [2.05, 4.69) is 17.6 Å². The van der Waals surface area contributed by atoms with Crippen molar-refractivity contribution in [1.29, 1.82) is 0 Å². The molecule has 0 aromatic carbocycles. The molecule has 2 fully saturated rings. The number of hydrogen-bond acceptors (Lipinski definition) is 2. The number of rotatable bonds is 4. The lowest BCUT2D eigenvalue weighted by molar-refractivity contribution is -0.123. The Labute approximate surface area is 108 Å². The second kappa shape index (κ2) is 5.16. The van der Waals surface area contributed by atoms with Crippen LogP contribution in [0.4, 0.5) is 4.79 Å². The van der Waals surface area contributed by atoms with Crippen LogP contribution in [0.25, 0.3) is 0 Å². The predicted octanol–water partition coefficient (Wildman–Crippen LogP) is 0.984. The van der Waals surface area contributed by atoms with Gasteiger partial charge in [-0.2, -0.15) is 0 Å². The van der Waals surface area contributed by atoms with Crippen molar-refractivity contribution in [2.24, 2.45) is 23.5 Å². The van der Waals surface area contributed by atoms with E-state index in [1.807, 2.05) is 0 Å². The maximum Gasteiger partial charge on any atom is 0.312 e. The summed E-state index contributed by atoms with van der Waals surface area (Å²) in [5.74, 6) is 2.11. The van der Waals surface area contributed by atoms with Gasteiger partial charge in [-0.1, -0.05) is 6.42 Å². The van der Waals surface area contributed by atoms with Crippen LogP contribution in [0.3, 0.4) is 0 Å². The molecule has 2 aliphatic carbocycles. The Bertz CT molecular complexity index is 345. The largest absolute Gasteiger partial charge is 0.352 e. The number of carbonyl (C=O) groups is 2. The number of hydrogen-bond donors (Lipinski definition) is 3. The van der Waals surface area contributed by atoms with Crippen molar-refractivity contribution in [3.8, 4) is 0 Å². The van der Waals surface area contributed by atoms with E-state index in [0.29, 0.717) is 5.92 Å². The van der Waals surface area contributed by atoms with Gasteiger partial charge in [-0.05, 0) is 50.9 Å². The van der Waals surface area contributed by atoms with Crippen LogP contribution in [0, 0.1) is 17.8 Å². The van der Waals surface area contributed by atoms with Gasteiger partial charge in [0.25, 0.3) is 0 Å². The Morgan fingerprint density at radius 3 is 2.39 bits per heavy atom. The Morgan fingerprint density at radius 2 is 1.89 bits per heavy atom. The van der Waals surface area contributed by atoms with Crippen LogP contribution in [0.5, 0.6) is 0 Å². The van der Waals surface area contributed by atoms with Crippen LogP contribution in [-0.2, 0) is 4.79 Å². The van der Waals surface area contributed by atoms with Gasteiger partial charge < -0.3 is 16.4 Å². The summed E-state index contributed by atoms with van der Waals surface area (Å²) in [6.07, 6.45) is 5.25. The molecule has 5 heteroatoms. The molecular weight excluding hydrogens is 230 g/mol. The fourth-order valence-corrected chi connectivity index (χ4v) is 3.64. The number of primary amides is 1. The van der Waals surface area contributed by atoms with Crippen LogP contribution in [0.1, 0.15) is 39.5 Å². The van der Waals surface area contributed by atoms with Crippen LogP contribution in [0.2, 0.25) is 0 Å². The van der Waals surface area contributed by atoms with E-state index in [0.717, 1.165) is 11.8 Å². The fraction of sp³-hybridized carbons (Fsp3) is 0.846. The van der Waals surface area contributed by atoms with Crippen molar-refractivity contribution < 1.29 is 9.59 Å². The first kappa shape index (κ1) is 13.2. The lowest BCUT2D eigenvalue weighted by atomic mass is 9.84. The zero-order valence-corrected chi connectivity index (χ0v) is 11.1. The number of fused-ring (bicyclic) bond motifs is 2. The van der Waals surface area contributed by atoms with Crippen molar-refractivity contribution in [3.05, 3.63) is 0 Å². The molecule has 2 rings (SSSR count). The SMILES string of the molecule is CC(NC(N)=O)C(=O)NC(C)C1CC2CCC1C2. The molecule has 0 radical (unpaired) electrons. The molecule has 0 heterocycles. The molecule has 2 saturated carbocycles. The van der Waals surface area contributed by atoms with Crippen LogP contribution in [-0.4, -0.2) is 24.0 Å². The Balaban J connectivity index is 1.82. The number of nitrogens with two attached hydrogens (primary N) is 1. The molecule has 5 nitrogen and oxygen atoms in total. The third-order valence-corrected chi connectivity index (χ3v) is 4.56. The zero-order chi connectivity index (χ0) is 13.3. The normalized spacial score (nSPS) is 32.9. The van der Waals surface area contributed by atoms with E-state index in [1.54, 1.807) is 6.92 Å². The standard InChI is InChI=1S/C13H23N3O2/c1-7(11-6-9-3-4-10(11)5-9)15-12(17)8(2)16-13(14)18/h7-11H,3-6H2,1-2H3,(H,15,17)(H3,14,16,18). The van der Waals surface area contributed by atoms with Gasteiger partial charge >= 0.3 is 6.03 Å². The maximum atomic E-state index is 11.9. The van der Waals surface area contributed by atoms with Crippen LogP contribution in [0.15, 0.2) is 0 Å². The average molecular weight is 253 g/mol. The van der Waals surface area contributed by atoms with Crippen molar-refractivity contribution in [1.82, 2.24) is 10.6 Å². The summed E-state index contributed by atoms with van der Waals surface area (Å²) < 4.78 is 0. The van der Waals surface area contributed by atoms with E-state index in [1.165, 1.54) is 25.7 Å². The second-order valence-electron chi connectivity index (χ2n) is 5.87. The van der Waals surface area contributed by atoms with E-state index in [-0.39, 0.29) is 11.9 Å². The topological polar surface area (TPSA) is 84.2 Å². The molecular formula is C13H23N3O2. The van der Waals surface area contributed by atoms with Gasteiger partial charge in [-0.3, -0.25) is 4.79 Å². The summed E-state index contributed by atoms with van der Waals surface area (Å²) in [5.41, 5.74) is 5.00. The molecule has 2 bridgehead atoms. The van der Waals surface area contributed by atoms with Crippen molar-refractivity contribution in [2.75, 3.05) is 0 Å². The predicted molar refractivity (Wildman–Crippen MR) is 68.7 cm³/mol. The molecule has 102 valence electrons. The molecule has 5 atom stereocenters. The number of urea groups is 1. The average Bonchev–Trinajstić information content (AvgIpc) is 2.89. The molecule has 0 saturated heterocycles. The highest BCUT2D eigenvalue weighted by Gasteiger charge is 2.42. The van der Waals surface area contributed by atoms with Gasteiger partial charge in [0.15, 0.2) is 0 Å². The van der Waals surface area contributed by atoms with Crippen molar-refractivity contribution >= 4 is 11.9 Å². The third kappa shape index (κ3) is 2.76. The second-order valence-corrected chi connectivity index (χ2v) is 5.87. The van der Waals surface area contributed by atoms with Gasteiger partial charge in [0.2, 0.25) is 5.91 Å². The summed E-state index contributed by atoms with van der Waals surface area (Å²) in [4.78, 5) is 22.6. The van der Waals surface area contributed by atoms with E-state index >= 15 is 0 Å². The molecule has 3 amide bonds. The maximum absolute atomic E-state index is 11.9. The quantitative estimate of drug-likeness (QED) is 0.698. The fourth-order valence-electron chi connectivity index (χ4n) is 3.64. The first-order valence-corrected chi connectivity index (χ1v) is 6.83. The molecule has 0 aromatic heterocycles. The van der Waals surface area contributed by atoms with Gasteiger partial charge in [-0.15, -0.1) is 0 Å². The summed E-state index contributed by atoms with van der Waals surface area (Å²) in [6, 6.07) is -1.04. The van der Waals surface area contributed by atoms with Crippen molar-refractivity contribution in [3.63, 3.8) is 0 Å². The summed E-state index contributed by atoms with van der Waals surface area (Å²) >= 11 is 0. The summed E-state index contributed by atoms with van der Waals surface area (Å²) in [6.45, 7) is 3.72. The molecule has 4 N–H and O–H groups in total. The highest BCUT2D eigenvalue weighted by molar-refractivity contribution is 5.86. The van der Waals surface area contributed by atoms with Gasteiger partial charge in [0.05, 0.1) is 0 Å². The van der Waals surface area contributed by atoms with Crippen LogP contribution >= 0.6 is 0 Å². The van der Waals surface area contributed by atoms with E-state index in [4.69, 9.17) is 5.73 Å². The summed E-state index contributed by atoms with van der Waals surface area (Å²) in [7, 11) is 0. The number of carbonyl (C=O) groups excluding carboxylic acids is 2. The first-order valence-electron chi connectivity index (χ1n) is 6.83. The first-order chi connectivity index (χ1) is 8.47. The minimum Gasteiger partial charge on any atom is -0.352 e. The third-order valence-electron chi connectivity index (χ3n) is 4.56. The van der Waals surface area contributed by atoms with Gasteiger partial charge in [0.1, 0.15) is 6.04 Å². The number of nitrogens with one attached hydrogen (secondary N) is 2. The number of amides is 3. The highest BCUT2D eigenvalue weighted by atomic mass is 16.2. The minimum absolute atomic E-state index is 0.149. The molecule has 0 spiro atoms. The summed E-state index contributed by atoms with van der Waals surface area (Å²) in [5, 5.41) is 5.40. The monoisotopic (exact) mass is 253 g/mol. The lowest BCUT2D eigenvalue weighted by Crippen LogP contribution is -2.50. The van der Waals surface area contributed by atoms with Gasteiger partial charge in [0, 0.05) is 6.04 Å².